The molecule has 1 N–H and O–H groups in total. The minimum absolute atomic E-state index is 0.106. The zero-order chi connectivity index (χ0) is 20.4. The van der Waals surface area contributed by atoms with Gasteiger partial charge in [-0.3, -0.25) is 9.59 Å². The Morgan fingerprint density at radius 2 is 1.68 bits per heavy atom. The fourth-order valence-corrected chi connectivity index (χ4v) is 3.40. The molecule has 3 rings (SSSR count). The van der Waals surface area contributed by atoms with Crippen molar-refractivity contribution in [2.24, 2.45) is 0 Å². The van der Waals surface area contributed by atoms with E-state index in [1.165, 1.54) is 4.90 Å². The van der Waals surface area contributed by atoms with Crippen LogP contribution in [0.5, 0.6) is 0 Å². The van der Waals surface area contributed by atoms with E-state index < -0.39 is 17.7 Å². The molecule has 1 atom stereocenters. The second-order valence-electron chi connectivity index (χ2n) is 7.21. The number of aliphatic hydroxyl groups excluding tert-OH is 1. The zero-order valence-corrected chi connectivity index (χ0v) is 16.9. The Kier molecular flexibility index (Phi) is 5.87. The van der Waals surface area contributed by atoms with Crippen LogP contribution in [0, 0.1) is 6.92 Å². The Bertz CT molecular complexity index is 918. The SMILES string of the molecule is Cc1ccc(/C(O)=C2\C(=O)C(=O)N(CCN(C)C)[C@H]2c2ccc(Cl)cc2)cc1. The van der Waals surface area contributed by atoms with Gasteiger partial charge in [-0.25, -0.2) is 0 Å². The molecule has 0 radical (unpaired) electrons. The van der Waals surface area contributed by atoms with E-state index in [9.17, 15) is 14.7 Å². The van der Waals surface area contributed by atoms with Crippen molar-refractivity contribution >= 4 is 29.1 Å². The number of aryl methyl sites for hydroxylation is 1. The van der Waals surface area contributed by atoms with Gasteiger partial charge < -0.3 is 14.9 Å². The van der Waals surface area contributed by atoms with Crippen LogP contribution in [0.2, 0.25) is 5.02 Å². The quantitative estimate of drug-likeness (QED) is 0.474. The third kappa shape index (κ3) is 3.96. The van der Waals surface area contributed by atoms with Crippen LogP contribution in [-0.4, -0.2) is 53.8 Å². The maximum atomic E-state index is 12.8. The zero-order valence-electron chi connectivity index (χ0n) is 16.1. The predicted molar refractivity (Wildman–Crippen MR) is 110 cm³/mol. The van der Waals surface area contributed by atoms with E-state index in [-0.39, 0.29) is 11.3 Å². The fraction of sp³-hybridized carbons (Fsp3) is 0.273. The lowest BCUT2D eigenvalue weighted by Crippen LogP contribution is -2.35. The second kappa shape index (κ2) is 8.17. The lowest BCUT2D eigenvalue weighted by atomic mass is 9.95. The smallest absolute Gasteiger partial charge is 0.295 e. The molecule has 6 heteroatoms. The maximum absolute atomic E-state index is 12.8. The topological polar surface area (TPSA) is 60.9 Å². The molecule has 2 aromatic rings. The summed E-state index contributed by atoms with van der Waals surface area (Å²) >= 11 is 6.01. The van der Waals surface area contributed by atoms with Gasteiger partial charge in [0, 0.05) is 23.7 Å². The molecule has 0 spiro atoms. The van der Waals surface area contributed by atoms with E-state index in [2.05, 4.69) is 0 Å². The Balaban J connectivity index is 2.13. The van der Waals surface area contributed by atoms with Gasteiger partial charge in [0.2, 0.25) is 0 Å². The number of halogens is 1. The van der Waals surface area contributed by atoms with Gasteiger partial charge in [0.25, 0.3) is 11.7 Å². The predicted octanol–water partition coefficient (Wildman–Crippen LogP) is 3.63. The summed E-state index contributed by atoms with van der Waals surface area (Å²) in [6.07, 6.45) is 0. The molecule has 1 amide bonds. The van der Waals surface area contributed by atoms with Crippen LogP contribution in [0.4, 0.5) is 0 Å². The van der Waals surface area contributed by atoms with Gasteiger partial charge in [0.15, 0.2) is 0 Å². The number of rotatable bonds is 5. The minimum atomic E-state index is -0.670. The molecule has 1 fully saturated rings. The van der Waals surface area contributed by atoms with E-state index >= 15 is 0 Å². The number of amides is 1. The molecule has 28 heavy (non-hydrogen) atoms. The molecule has 0 aliphatic carbocycles. The fourth-order valence-electron chi connectivity index (χ4n) is 3.28. The molecule has 5 nitrogen and oxygen atoms in total. The summed E-state index contributed by atoms with van der Waals surface area (Å²) in [4.78, 5) is 29.1. The van der Waals surface area contributed by atoms with Crippen molar-refractivity contribution in [3.05, 3.63) is 75.8 Å². The number of ketones is 1. The van der Waals surface area contributed by atoms with Crippen molar-refractivity contribution < 1.29 is 14.7 Å². The van der Waals surface area contributed by atoms with Crippen LogP contribution in [0.15, 0.2) is 54.1 Å². The first kappa shape index (κ1) is 20.1. The van der Waals surface area contributed by atoms with Crippen LogP contribution in [0.25, 0.3) is 5.76 Å². The molecule has 0 aromatic heterocycles. The lowest BCUT2D eigenvalue weighted by Gasteiger charge is -2.26. The molecule has 1 aliphatic heterocycles. The minimum Gasteiger partial charge on any atom is -0.507 e. The third-order valence-electron chi connectivity index (χ3n) is 4.84. The lowest BCUT2D eigenvalue weighted by molar-refractivity contribution is -0.140. The Morgan fingerprint density at radius 3 is 2.25 bits per heavy atom. The third-order valence-corrected chi connectivity index (χ3v) is 5.09. The summed E-state index contributed by atoms with van der Waals surface area (Å²) in [6.45, 7) is 2.91. The van der Waals surface area contributed by atoms with Crippen molar-refractivity contribution in [1.82, 2.24) is 9.80 Å². The number of aliphatic hydroxyl groups is 1. The molecule has 1 aliphatic rings. The van der Waals surface area contributed by atoms with E-state index in [1.807, 2.05) is 38.1 Å². The summed E-state index contributed by atoms with van der Waals surface area (Å²) < 4.78 is 0. The highest BCUT2D eigenvalue weighted by Crippen LogP contribution is 2.39. The van der Waals surface area contributed by atoms with Gasteiger partial charge in [-0.1, -0.05) is 53.6 Å². The molecule has 0 saturated carbocycles. The number of benzene rings is 2. The van der Waals surface area contributed by atoms with E-state index in [0.717, 1.165) is 11.1 Å². The molecular weight excluding hydrogens is 376 g/mol. The highest BCUT2D eigenvalue weighted by Gasteiger charge is 2.45. The molecule has 2 aromatic carbocycles. The molecular formula is C22H23ClN2O3. The highest BCUT2D eigenvalue weighted by molar-refractivity contribution is 6.46. The van der Waals surface area contributed by atoms with E-state index in [0.29, 0.717) is 23.7 Å². The van der Waals surface area contributed by atoms with Crippen molar-refractivity contribution in [3.8, 4) is 0 Å². The average molecular weight is 399 g/mol. The number of nitrogens with zero attached hydrogens (tertiary/aromatic N) is 2. The Morgan fingerprint density at radius 1 is 1.07 bits per heavy atom. The van der Waals surface area contributed by atoms with Crippen molar-refractivity contribution in [3.63, 3.8) is 0 Å². The number of Topliss-reactive ketones (excluding diaryl/α,β-unsaturated/α-hetero) is 1. The summed E-state index contributed by atoms with van der Waals surface area (Å²) in [5.41, 5.74) is 2.39. The van der Waals surface area contributed by atoms with Gasteiger partial charge in [-0.2, -0.15) is 0 Å². The van der Waals surface area contributed by atoms with E-state index in [4.69, 9.17) is 11.6 Å². The van der Waals surface area contributed by atoms with E-state index in [1.54, 1.807) is 36.4 Å². The first-order valence-electron chi connectivity index (χ1n) is 9.05. The first-order valence-corrected chi connectivity index (χ1v) is 9.43. The van der Waals surface area contributed by atoms with Gasteiger partial charge in [-0.05, 0) is 38.7 Å². The highest BCUT2D eigenvalue weighted by atomic mass is 35.5. The number of carbonyl (C=O) groups is 2. The van der Waals surface area contributed by atoms with Crippen molar-refractivity contribution in [2.75, 3.05) is 27.2 Å². The van der Waals surface area contributed by atoms with Gasteiger partial charge in [0.1, 0.15) is 5.76 Å². The van der Waals surface area contributed by atoms with Gasteiger partial charge in [0.05, 0.1) is 11.6 Å². The summed E-state index contributed by atoms with van der Waals surface area (Å²) in [6, 6.07) is 13.5. The number of carbonyl (C=O) groups excluding carboxylic acids is 2. The standard InChI is InChI=1S/C22H23ClN2O3/c1-14-4-6-16(7-5-14)20(26)18-19(15-8-10-17(23)11-9-15)25(13-12-24(2)3)22(28)21(18)27/h4-11,19,26H,12-13H2,1-3H3/b20-18+/t19-/m0/s1. The number of likely N-dealkylation sites (tertiary alicyclic amines) is 1. The molecule has 0 bridgehead atoms. The number of likely N-dealkylation sites (N-methyl/N-ethyl adjacent to an activating group) is 1. The summed E-state index contributed by atoms with van der Waals surface area (Å²) in [7, 11) is 3.81. The molecule has 146 valence electrons. The number of hydrogen-bond acceptors (Lipinski definition) is 4. The normalized spacial score (nSPS) is 18.9. The molecule has 1 heterocycles. The van der Waals surface area contributed by atoms with Gasteiger partial charge >= 0.3 is 0 Å². The Labute approximate surface area is 169 Å². The number of hydrogen-bond donors (Lipinski definition) is 1. The van der Waals surface area contributed by atoms with Gasteiger partial charge in [-0.15, -0.1) is 0 Å². The van der Waals surface area contributed by atoms with Crippen LogP contribution in [-0.2, 0) is 9.59 Å². The Hall–Kier alpha value is -2.63. The van der Waals surface area contributed by atoms with Crippen LogP contribution in [0.1, 0.15) is 22.7 Å². The van der Waals surface area contributed by atoms with Crippen molar-refractivity contribution in [2.45, 2.75) is 13.0 Å². The second-order valence-corrected chi connectivity index (χ2v) is 7.65. The monoisotopic (exact) mass is 398 g/mol. The van der Waals surface area contributed by atoms with Crippen LogP contribution < -0.4 is 0 Å². The largest absolute Gasteiger partial charge is 0.507 e. The van der Waals surface area contributed by atoms with Crippen LogP contribution >= 0.6 is 11.6 Å². The average Bonchev–Trinajstić information content (AvgIpc) is 2.91. The summed E-state index contributed by atoms with van der Waals surface area (Å²) in [5.74, 6) is -1.43. The maximum Gasteiger partial charge on any atom is 0.295 e. The first-order chi connectivity index (χ1) is 13.3. The molecule has 0 unspecified atom stereocenters. The van der Waals surface area contributed by atoms with Crippen molar-refractivity contribution in [1.29, 1.82) is 0 Å². The summed E-state index contributed by atoms with van der Waals surface area (Å²) in [5, 5.41) is 11.5. The molecule has 1 saturated heterocycles. The van der Waals surface area contributed by atoms with Crippen LogP contribution in [0.3, 0.4) is 0 Å².